The Bertz CT molecular complexity index is 1250. The molecule has 31 heavy (non-hydrogen) atoms. The molecule has 2 amide bonds. The molecule has 0 aliphatic carbocycles. The van der Waals surface area contributed by atoms with Crippen molar-refractivity contribution in [2.24, 2.45) is 0 Å². The van der Waals surface area contributed by atoms with Gasteiger partial charge in [-0.1, -0.05) is 42.5 Å². The fraction of sp³-hybridized carbons (Fsp3) is 0.120. The fourth-order valence-corrected chi connectivity index (χ4v) is 3.44. The lowest BCUT2D eigenvalue weighted by molar-refractivity contribution is 0.0955. The second-order valence-corrected chi connectivity index (χ2v) is 7.19. The molecule has 156 valence electrons. The van der Waals surface area contributed by atoms with Gasteiger partial charge in [-0.25, -0.2) is 4.39 Å². The molecule has 0 unspecified atom stereocenters. The van der Waals surface area contributed by atoms with Crippen LogP contribution in [0.25, 0.3) is 11.0 Å². The van der Waals surface area contributed by atoms with Gasteiger partial charge in [0, 0.05) is 17.5 Å². The molecule has 0 aliphatic heterocycles. The van der Waals surface area contributed by atoms with Gasteiger partial charge >= 0.3 is 0 Å². The Morgan fingerprint density at radius 3 is 2.48 bits per heavy atom. The largest absolute Gasteiger partial charge is 0.451 e. The molecular formula is C25H21FN2O3. The third kappa shape index (κ3) is 4.48. The van der Waals surface area contributed by atoms with Gasteiger partial charge in [0.1, 0.15) is 11.4 Å². The predicted octanol–water partition coefficient (Wildman–Crippen LogP) is 5.11. The predicted molar refractivity (Wildman–Crippen MR) is 118 cm³/mol. The summed E-state index contributed by atoms with van der Waals surface area (Å²) in [6.07, 6.45) is 0.704. The average molecular weight is 416 g/mol. The number of anilines is 1. The zero-order chi connectivity index (χ0) is 21.8. The van der Waals surface area contributed by atoms with Gasteiger partial charge < -0.3 is 15.1 Å². The molecule has 0 radical (unpaired) electrons. The van der Waals surface area contributed by atoms with Crippen LogP contribution in [0.3, 0.4) is 0 Å². The second-order valence-electron chi connectivity index (χ2n) is 7.19. The number of rotatable bonds is 6. The lowest BCUT2D eigenvalue weighted by Crippen LogP contribution is -2.27. The first kappa shape index (κ1) is 20.3. The summed E-state index contributed by atoms with van der Waals surface area (Å²) in [6.45, 7) is 2.17. The van der Waals surface area contributed by atoms with E-state index in [4.69, 9.17) is 4.42 Å². The molecule has 6 heteroatoms. The molecule has 1 aromatic heterocycles. The van der Waals surface area contributed by atoms with E-state index < -0.39 is 11.7 Å². The highest BCUT2D eigenvalue weighted by Crippen LogP contribution is 2.27. The molecule has 3 aromatic carbocycles. The van der Waals surface area contributed by atoms with Crippen LogP contribution < -0.4 is 10.6 Å². The number of carbonyl (C=O) groups is 2. The van der Waals surface area contributed by atoms with Gasteiger partial charge in [-0.15, -0.1) is 0 Å². The zero-order valence-corrected chi connectivity index (χ0v) is 16.9. The van der Waals surface area contributed by atoms with E-state index in [1.807, 2.05) is 30.3 Å². The second kappa shape index (κ2) is 8.83. The molecule has 0 spiro atoms. The number of hydrogen-bond donors (Lipinski definition) is 2. The lowest BCUT2D eigenvalue weighted by atomic mass is 10.1. The molecule has 2 N–H and O–H groups in total. The van der Waals surface area contributed by atoms with Gasteiger partial charge in [-0.3, -0.25) is 9.59 Å². The highest BCUT2D eigenvalue weighted by atomic mass is 19.1. The number of furan rings is 1. The van der Waals surface area contributed by atoms with Crippen LogP contribution in [-0.4, -0.2) is 18.4 Å². The Balaban J connectivity index is 1.49. The Labute approximate surface area is 178 Å². The maximum absolute atomic E-state index is 13.5. The van der Waals surface area contributed by atoms with E-state index in [0.29, 0.717) is 40.7 Å². The number of fused-ring (bicyclic) bond motifs is 1. The summed E-state index contributed by atoms with van der Waals surface area (Å²) < 4.78 is 19.2. The number of aryl methyl sites for hydroxylation is 1. The van der Waals surface area contributed by atoms with E-state index in [0.717, 1.165) is 5.56 Å². The standard InChI is InChI=1S/C25H21FN2O3/c1-16-20-15-18(26)11-12-22(20)31-23(16)25(30)28-21-10-6-5-9-19(21)24(29)27-14-13-17-7-3-2-4-8-17/h2-12,15H,13-14H2,1H3,(H,27,29)(H,28,30). The number of hydrogen-bond acceptors (Lipinski definition) is 3. The van der Waals surface area contributed by atoms with Crippen LogP contribution in [0.1, 0.15) is 32.0 Å². The maximum Gasteiger partial charge on any atom is 0.291 e. The first-order valence-electron chi connectivity index (χ1n) is 9.94. The van der Waals surface area contributed by atoms with Gasteiger partial charge in [0.15, 0.2) is 5.76 Å². The molecule has 0 saturated carbocycles. The molecule has 0 saturated heterocycles. The Morgan fingerprint density at radius 1 is 0.935 bits per heavy atom. The van der Waals surface area contributed by atoms with Crippen LogP contribution in [0, 0.1) is 12.7 Å². The Morgan fingerprint density at radius 2 is 1.68 bits per heavy atom. The average Bonchev–Trinajstić information content (AvgIpc) is 3.11. The first-order chi connectivity index (χ1) is 15.0. The Hall–Kier alpha value is -3.93. The number of amides is 2. The van der Waals surface area contributed by atoms with Crippen molar-refractivity contribution in [3.8, 4) is 0 Å². The van der Waals surface area contributed by atoms with Crippen molar-refractivity contribution in [1.82, 2.24) is 5.32 Å². The van der Waals surface area contributed by atoms with Gasteiger partial charge in [0.05, 0.1) is 11.3 Å². The molecule has 0 atom stereocenters. The maximum atomic E-state index is 13.5. The zero-order valence-electron chi connectivity index (χ0n) is 16.9. The number of nitrogens with one attached hydrogen (secondary N) is 2. The van der Waals surface area contributed by atoms with Crippen LogP contribution in [0.4, 0.5) is 10.1 Å². The topological polar surface area (TPSA) is 71.3 Å². The molecule has 5 nitrogen and oxygen atoms in total. The SMILES string of the molecule is Cc1c(C(=O)Nc2ccccc2C(=O)NCCc2ccccc2)oc2ccc(F)cc12. The third-order valence-corrected chi connectivity index (χ3v) is 5.07. The molecular weight excluding hydrogens is 395 g/mol. The summed E-state index contributed by atoms with van der Waals surface area (Å²) in [5.41, 5.74) is 2.81. The highest BCUT2D eigenvalue weighted by Gasteiger charge is 2.20. The van der Waals surface area contributed by atoms with Crippen molar-refractivity contribution < 1.29 is 18.4 Å². The van der Waals surface area contributed by atoms with Crippen molar-refractivity contribution in [3.05, 3.63) is 101 Å². The lowest BCUT2D eigenvalue weighted by Gasteiger charge is -2.11. The van der Waals surface area contributed by atoms with E-state index in [1.54, 1.807) is 31.2 Å². The number of carbonyl (C=O) groups excluding carboxylic acids is 2. The van der Waals surface area contributed by atoms with Crippen LogP contribution in [0.5, 0.6) is 0 Å². The van der Waals surface area contributed by atoms with E-state index in [1.165, 1.54) is 18.2 Å². The van der Waals surface area contributed by atoms with Crippen molar-refractivity contribution in [1.29, 1.82) is 0 Å². The molecule has 0 aliphatic rings. The fourth-order valence-electron chi connectivity index (χ4n) is 3.44. The van der Waals surface area contributed by atoms with Crippen LogP contribution in [0.2, 0.25) is 0 Å². The summed E-state index contributed by atoms with van der Waals surface area (Å²) in [7, 11) is 0. The summed E-state index contributed by atoms with van der Waals surface area (Å²) in [4.78, 5) is 25.5. The minimum atomic E-state index is -0.501. The third-order valence-electron chi connectivity index (χ3n) is 5.07. The van der Waals surface area contributed by atoms with E-state index in [9.17, 15) is 14.0 Å². The van der Waals surface area contributed by atoms with E-state index in [2.05, 4.69) is 10.6 Å². The first-order valence-corrected chi connectivity index (χ1v) is 9.94. The molecule has 4 rings (SSSR count). The van der Waals surface area contributed by atoms with Gasteiger partial charge in [0.2, 0.25) is 0 Å². The summed E-state index contributed by atoms with van der Waals surface area (Å²) in [6, 6.07) is 20.7. The summed E-state index contributed by atoms with van der Waals surface area (Å²) >= 11 is 0. The minimum Gasteiger partial charge on any atom is -0.451 e. The van der Waals surface area contributed by atoms with Crippen LogP contribution >= 0.6 is 0 Å². The Kier molecular flexibility index (Phi) is 5.80. The van der Waals surface area contributed by atoms with E-state index in [-0.39, 0.29) is 11.7 Å². The number of halogens is 1. The minimum absolute atomic E-state index is 0.0832. The van der Waals surface area contributed by atoms with Gasteiger partial charge in [0.25, 0.3) is 11.8 Å². The van der Waals surface area contributed by atoms with E-state index >= 15 is 0 Å². The van der Waals surface area contributed by atoms with Crippen molar-refractivity contribution >= 4 is 28.5 Å². The van der Waals surface area contributed by atoms with Crippen molar-refractivity contribution in [2.45, 2.75) is 13.3 Å². The molecule has 0 bridgehead atoms. The summed E-state index contributed by atoms with van der Waals surface area (Å²) in [5.74, 6) is -1.10. The normalized spacial score (nSPS) is 10.8. The van der Waals surface area contributed by atoms with Gasteiger partial charge in [-0.2, -0.15) is 0 Å². The molecule has 4 aromatic rings. The number of benzene rings is 3. The smallest absolute Gasteiger partial charge is 0.291 e. The highest BCUT2D eigenvalue weighted by molar-refractivity contribution is 6.10. The van der Waals surface area contributed by atoms with Crippen molar-refractivity contribution in [3.63, 3.8) is 0 Å². The molecule has 1 heterocycles. The van der Waals surface area contributed by atoms with Crippen LogP contribution in [-0.2, 0) is 6.42 Å². The molecule has 0 fully saturated rings. The van der Waals surface area contributed by atoms with Crippen LogP contribution in [0.15, 0.2) is 77.2 Å². The number of para-hydroxylation sites is 1. The monoisotopic (exact) mass is 416 g/mol. The summed E-state index contributed by atoms with van der Waals surface area (Å²) in [5, 5.41) is 6.17. The van der Waals surface area contributed by atoms with Crippen molar-refractivity contribution in [2.75, 3.05) is 11.9 Å². The quantitative estimate of drug-likeness (QED) is 0.459. The van der Waals surface area contributed by atoms with Gasteiger partial charge in [-0.05, 0) is 49.2 Å².